The molecule has 0 radical (unpaired) electrons. The van der Waals surface area contributed by atoms with Crippen LogP contribution >= 0.6 is 11.6 Å². The van der Waals surface area contributed by atoms with Gasteiger partial charge in [0.15, 0.2) is 0 Å². The SMILES string of the molecule is CC(C(=O)Nc1ccccc1)C1(O)CCN(CCc2ccccc2Cl)CC1. The van der Waals surface area contributed by atoms with Crippen LogP contribution in [-0.4, -0.2) is 41.1 Å². The zero-order valence-corrected chi connectivity index (χ0v) is 16.5. The first-order valence-electron chi connectivity index (χ1n) is 9.52. The quantitative estimate of drug-likeness (QED) is 0.789. The van der Waals surface area contributed by atoms with Crippen molar-refractivity contribution in [1.82, 2.24) is 4.90 Å². The minimum atomic E-state index is -0.959. The average molecular weight is 387 g/mol. The van der Waals surface area contributed by atoms with Gasteiger partial charge in [-0.05, 0) is 43.0 Å². The largest absolute Gasteiger partial charge is 0.389 e. The van der Waals surface area contributed by atoms with Gasteiger partial charge in [0.1, 0.15) is 0 Å². The van der Waals surface area contributed by atoms with Gasteiger partial charge >= 0.3 is 0 Å². The molecule has 5 heteroatoms. The molecule has 2 aromatic rings. The number of rotatable bonds is 6. The van der Waals surface area contributed by atoms with Crippen molar-refractivity contribution < 1.29 is 9.90 Å². The van der Waals surface area contributed by atoms with Crippen LogP contribution < -0.4 is 5.32 Å². The number of hydrogen-bond acceptors (Lipinski definition) is 3. The second kappa shape index (κ2) is 8.87. The van der Waals surface area contributed by atoms with Gasteiger partial charge in [-0.2, -0.15) is 0 Å². The van der Waals surface area contributed by atoms with Gasteiger partial charge in [-0.1, -0.05) is 54.9 Å². The maximum absolute atomic E-state index is 12.5. The Morgan fingerprint density at radius 1 is 1.15 bits per heavy atom. The van der Waals surface area contributed by atoms with E-state index in [9.17, 15) is 9.90 Å². The zero-order chi connectivity index (χ0) is 19.3. The highest BCUT2D eigenvalue weighted by molar-refractivity contribution is 6.31. The minimum Gasteiger partial charge on any atom is -0.389 e. The van der Waals surface area contributed by atoms with E-state index in [0.29, 0.717) is 12.8 Å². The van der Waals surface area contributed by atoms with Crippen molar-refractivity contribution in [3.05, 3.63) is 65.2 Å². The van der Waals surface area contributed by atoms with Crippen LogP contribution in [0.4, 0.5) is 5.69 Å². The third kappa shape index (κ3) is 5.10. The molecule has 0 aliphatic carbocycles. The molecular formula is C22H27ClN2O2. The first-order valence-corrected chi connectivity index (χ1v) is 9.90. The van der Waals surface area contributed by atoms with E-state index in [1.807, 2.05) is 55.5 Å². The number of carbonyl (C=O) groups is 1. The number of amides is 1. The molecule has 1 aliphatic heterocycles. The number of likely N-dealkylation sites (tertiary alicyclic amines) is 1. The van der Waals surface area contributed by atoms with Crippen molar-refractivity contribution in [1.29, 1.82) is 0 Å². The fourth-order valence-corrected chi connectivity index (χ4v) is 3.82. The number of hydrogen-bond donors (Lipinski definition) is 2. The predicted octanol–water partition coefficient (Wildman–Crippen LogP) is 3.98. The van der Waals surface area contributed by atoms with Crippen molar-refractivity contribution in [2.24, 2.45) is 5.92 Å². The maximum Gasteiger partial charge on any atom is 0.230 e. The Morgan fingerprint density at radius 3 is 2.44 bits per heavy atom. The number of anilines is 1. The van der Waals surface area contributed by atoms with Crippen LogP contribution in [0.25, 0.3) is 0 Å². The van der Waals surface area contributed by atoms with Crippen molar-refractivity contribution in [2.75, 3.05) is 25.0 Å². The summed E-state index contributed by atoms with van der Waals surface area (Å²) in [4.78, 5) is 14.9. The normalized spacial score (nSPS) is 18.0. The minimum absolute atomic E-state index is 0.131. The molecule has 2 N–H and O–H groups in total. The predicted molar refractivity (Wildman–Crippen MR) is 110 cm³/mol. The van der Waals surface area contributed by atoms with Gasteiger partial charge in [0, 0.05) is 30.3 Å². The van der Waals surface area contributed by atoms with Gasteiger partial charge in [0.25, 0.3) is 0 Å². The number of halogens is 1. The number of nitrogens with zero attached hydrogens (tertiary/aromatic N) is 1. The van der Waals surface area contributed by atoms with Crippen LogP contribution in [0.15, 0.2) is 54.6 Å². The molecule has 1 unspecified atom stereocenters. The molecule has 2 aromatic carbocycles. The van der Waals surface area contributed by atoms with Crippen LogP contribution in [0.5, 0.6) is 0 Å². The summed E-state index contributed by atoms with van der Waals surface area (Å²) in [5.41, 5.74) is 0.950. The van der Waals surface area contributed by atoms with Gasteiger partial charge in [0.05, 0.1) is 11.5 Å². The van der Waals surface area contributed by atoms with Crippen LogP contribution in [0.2, 0.25) is 5.02 Å². The van der Waals surface area contributed by atoms with Crippen molar-refractivity contribution in [3.63, 3.8) is 0 Å². The van der Waals surface area contributed by atoms with E-state index in [1.165, 1.54) is 0 Å². The van der Waals surface area contributed by atoms with Crippen LogP contribution in [-0.2, 0) is 11.2 Å². The molecule has 0 saturated carbocycles. The Bertz CT molecular complexity index is 758. The van der Waals surface area contributed by atoms with Gasteiger partial charge in [-0.3, -0.25) is 4.79 Å². The summed E-state index contributed by atoms with van der Waals surface area (Å²) in [5.74, 6) is -0.586. The summed E-state index contributed by atoms with van der Waals surface area (Å²) < 4.78 is 0. The summed E-state index contributed by atoms with van der Waals surface area (Å²) in [6.07, 6.45) is 2.08. The lowest BCUT2D eigenvalue weighted by Crippen LogP contribution is -2.51. The highest BCUT2D eigenvalue weighted by atomic mass is 35.5. The molecule has 1 atom stereocenters. The lowest BCUT2D eigenvalue weighted by Gasteiger charge is -2.41. The summed E-state index contributed by atoms with van der Waals surface area (Å²) in [7, 11) is 0. The summed E-state index contributed by atoms with van der Waals surface area (Å²) >= 11 is 6.23. The zero-order valence-electron chi connectivity index (χ0n) is 15.7. The van der Waals surface area contributed by atoms with E-state index in [0.717, 1.165) is 42.3 Å². The molecule has 3 rings (SSSR count). The molecule has 1 aliphatic rings. The monoisotopic (exact) mass is 386 g/mol. The first kappa shape index (κ1) is 19.9. The summed E-state index contributed by atoms with van der Waals surface area (Å²) in [6.45, 7) is 4.29. The second-order valence-electron chi connectivity index (χ2n) is 7.36. The third-order valence-corrected chi connectivity index (χ3v) is 5.99. The van der Waals surface area contributed by atoms with E-state index >= 15 is 0 Å². The van der Waals surface area contributed by atoms with E-state index in [4.69, 9.17) is 11.6 Å². The first-order chi connectivity index (χ1) is 13.0. The number of benzene rings is 2. The van der Waals surface area contributed by atoms with Crippen LogP contribution in [0.1, 0.15) is 25.3 Å². The van der Waals surface area contributed by atoms with E-state index in [1.54, 1.807) is 0 Å². The Kier molecular flexibility index (Phi) is 6.53. The van der Waals surface area contributed by atoms with Crippen molar-refractivity contribution in [2.45, 2.75) is 31.8 Å². The smallest absolute Gasteiger partial charge is 0.230 e. The molecule has 1 saturated heterocycles. The fourth-order valence-electron chi connectivity index (χ4n) is 3.59. The van der Waals surface area contributed by atoms with Gasteiger partial charge < -0.3 is 15.3 Å². The summed E-state index contributed by atoms with van der Waals surface area (Å²) in [6, 6.07) is 17.3. The van der Waals surface area contributed by atoms with E-state index in [-0.39, 0.29) is 5.91 Å². The van der Waals surface area contributed by atoms with Crippen molar-refractivity contribution in [3.8, 4) is 0 Å². The van der Waals surface area contributed by atoms with Crippen LogP contribution in [0, 0.1) is 5.92 Å². The molecule has 1 fully saturated rings. The molecular weight excluding hydrogens is 360 g/mol. The molecule has 27 heavy (non-hydrogen) atoms. The lowest BCUT2D eigenvalue weighted by atomic mass is 9.80. The Hall–Kier alpha value is -1.88. The Balaban J connectivity index is 1.50. The number of carbonyl (C=O) groups excluding carboxylic acids is 1. The van der Waals surface area contributed by atoms with Crippen LogP contribution in [0.3, 0.4) is 0 Å². The highest BCUT2D eigenvalue weighted by Crippen LogP contribution is 2.31. The molecule has 144 valence electrons. The number of piperidine rings is 1. The molecule has 0 spiro atoms. The number of para-hydroxylation sites is 1. The van der Waals surface area contributed by atoms with E-state index < -0.39 is 11.5 Å². The molecule has 1 heterocycles. The standard InChI is InChI=1S/C22H27ClN2O2/c1-17(21(26)24-19-8-3-2-4-9-19)22(27)12-15-25(16-13-22)14-11-18-7-5-6-10-20(18)23/h2-10,17,27H,11-16H2,1H3,(H,24,26). The Labute approximate surface area is 166 Å². The average Bonchev–Trinajstić information content (AvgIpc) is 2.69. The van der Waals surface area contributed by atoms with E-state index in [2.05, 4.69) is 16.3 Å². The van der Waals surface area contributed by atoms with Gasteiger partial charge in [0.2, 0.25) is 5.91 Å². The fraction of sp³-hybridized carbons (Fsp3) is 0.409. The number of aliphatic hydroxyl groups is 1. The highest BCUT2D eigenvalue weighted by Gasteiger charge is 2.40. The van der Waals surface area contributed by atoms with Gasteiger partial charge in [-0.25, -0.2) is 0 Å². The third-order valence-electron chi connectivity index (χ3n) is 5.62. The van der Waals surface area contributed by atoms with Gasteiger partial charge in [-0.15, -0.1) is 0 Å². The molecule has 1 amide bonds. The number of nitrogens with one attached hydrogen (secondary N) is 1. The van der Waals surface area contributed by atoms with Crippen molar-refractivity contribution >= 4 is 23.2 Å². The Morgan fingerprint density at radius 2 is 1.78 bits per heavy atom. The molecule has 0 bridgehead atoms. The molecule has 4 nitrogen and oxygen atoms in total. The lowest BCUT2D eigenvalue weighted by molar-refractivity contribution is -0.132. The molecule has 0 aromatic heterocycles. The summed E-state index contributed by atoms with van der Waals surface area (Å²) in [5, 5.41) is 14.7. The second-order valence-corrected chi connectivity index (χ2v) is 7.77. The maximum atomic E-state index is 12.5. The topological polar surface area (TPSA) is 52.6 Å².